The number of carbonyl (C=O) groups is 6. The molecular formula is C29H56ClN3O10. The highest BCUT2D eigenvalue weighted by atomic mass is 35.5. The van der Waals surface area contributed by atoms with E-state index in [1.807, 2.05) is 20.8 Å². The zero-order valence-corrected chi connectivity index (χ0v) is 28.6. The van der Waals surface area contributed by atoms with Crippen molar-refractivity contribution in [1.29, 1.82) is 0 Å². The summed E-state index contributed by atoms with van der Waals surface area (Å²) in [6.45, 7) is 19.4. The molecule has 7 N–H and O–H groups in total. The first-order valence-corrected chi connectivity index (χ1v) is 13.9. The molecule has 0 bridgehead atoms. The highest BCUT2D eigenvalue weighted by Gasteiger charge is 2.20. The van der Waals surface area contributed by atoms with E-state index in [-0.39, 0.29) is 67.8 Å². The molecule has 0 aromatic heterocycles. The van der Waals surface area contributed by atoms with Gasteiger partial charge in [0.15, 0.2) is 0 Å². The minimum atomic E-state index is -0.881. The van der Waals surface area contributed by atoms with E-state index in [1.54, 1.807) is 55.4 Å². The minimum absolute atomic E-state index is 0. The number of esters is 3. The third kappa shape index (κ3) is 35.2. The lowest BCUT2D eigenvalue weighted by atomic mass is 10.1. The van der Waals surface area contributed by atoms with E-state index in [9.17, 15) is 28.8 Å². The van der Waals surface area contributed by atoms with Gasteiger partial charge in [-0.1, -0.05) is 13.8 Å². The molecule has 14 heteroatoms. The molecule has 0 saturated carbocycles. The third-order valence-corrected chi connectivity index (χ3v) is 4.76. The standard InChI is InChI=1S/C10H19NO3.C10H18O4.C9H18N2O3.ClH/c1-7(9(11)13)5-6-8(12)14-10(2,3)4;1-7(9(12)13)5-6-8(11)14-10(2,3)4;1-9(2,3)14-7(12)5-4-6(10)8(11)13;/h7H,5-6H2,1-4H3,(H2,11,13);7H,5-6H2,1-4H3,(H,12,13);6H,4-5,10H2,1-3H3,(H2,11,13);1H/t2*7-;6-;/m000./s1. The molecule has 0 aliphatic heterocycles. The Morgan fingerprint density at radius 2 is 0.860 bits per heavy atom. The van der Waals surface area contributed by atoms with Crippen LogP contribution in [0.15, 0.2) is 0 Å². The molecule has 0 saturated heterocycles. The SMILES string of the molecule is CC(C)(C)OC(=O)CC[C@H](N)C(N)=O.C[C@@H](CCC(=O)OC(C)(C)C)C(=O)O.C[C@@H](CCC(=O)OC(C)(C)C)C(N)=O.Cl. The van der Waals surface area contributed by atoms with E-state index in [2.05, 4.69) is 0 Å². The van der Waals surface area contributed by atoms with Crippen LogP contribution in [0.5, 0.6) is 0 Å². The van der Waals surface area contributed by atoms with Crippen molar-refractivity contribution in [3.05, 3.63) is 0 Å². The molecule has 0 aliphatic carbocycles. The molecule has 2 amide bonds. The fourth-order valence-electron chi connectivity index (χ4n) is 2.53. The van der Waals surface area contributed by atoms with Crippen LogP contribution in [0.25, 0.3) is 0 Å². The first-order chi connectivity index (χ1) is 18.7. The molecule has 13 nitrogen and oxygen atoms in total. The first-order valence-electron chi connectivity index (χ1n) is 13.9. The Labute approximate surface area is 262 Å². The lowest BCUT2D eigenvalue weighted by Crippen LogP contribution is -2.37. The summed E-state index contributed by atoms with van der Waals surface area (Å²) in [5, 5.41) is 8.58. The summed E-state index contributed by atoms with van der Waals surface area (Å²) in [5.41, 5.74) is 13.9. The Bertz CT molecular complexity index is 776. The average molecular weight is 642 g/mol. The molecule has 0 radical (unpaired) electrons. The van der Waals surface area contributed by atoms with E-state index in [4.69, 9.17) is 36.5 Å². The van der Waals surface area contributed by atoms with Gasteiger partial charge in [0, 0.05) is 25.2 Å². The summed E-state index contributed by atoms with van der Waals surface area (Å²) in [6.07, 6.45) is 1.51. The smallest absolute Gasteiger partial charge is 0.306 e. The van der Waals surface area contributed by atoms with Gasteiger partial charge in [-0.25, -0.2) is 0 Å². The molecule has 0 aromatic rings. The van der Waals surface area contributed by atoms with Gasteiger partial charge in [0.05, 0.1) is 12.0 Å². The van der Waals surface area contributed by atoms with Crippen LogP contribution in [0.2, 0.25) is 0 Å². The average Bonchev–Trinajstić information content (AvgIpc) is 2.76. The van der Waals surface area contributed by atoms with Crippen LogP contribution < -0.4 is 17.2 Å². The number of ether oxygens (including phenoxy) is 3. The van der Waals surface area contributed by atoms with E-state index < -0.39 is 40.6 Å². The summed E-state index contributed by atoms with van der Waals surface area (Å²) in [4.78, 5) is 65.2. The van der Waals surface area contributed by atoms with Crippen LogP contribution in [0, 0.1) is 11.8 Å². The molecule has 0 fully saturated rings. The zero-order chi connectivity index (χ0) is 34.1. The minimum Gasteiger partial charge on any atom is -0.481 e. The number of rotatable bonds is 12. The number of hydrogen-bond acceptors (Lipinski definition) is 10. The number of carbonyl (C=O) groups excluding carboxylic acids is 5. The lowest BCUT2D eigenvalue weighted by Gasteiger charge is -2.19. The summed E-state index contributed by atoms with van der Waals surface area (Å²) in [7, 11) is 0. The second-order valence-corrected chi connectivity index (χ2v) is 12.9. The van der Waals surface area contributed by atoms with Crippen molar-refractivity contribution in [3.63, 3.8) is 0 Å². The normalized spacial score (nSPS) is 13.1. The van der Waals surface area contributed by atoms with E-state index >= 15 is 0 Å². The van der Waals surface area contributed by atoms with Gasteiger partial charge < -0.3 is 36.5 Å². The van der Waals surface area contributed by atoms with Crippen LogP contribution in [0.1, 0.15) is 115 Å². The second kappa shape index (κ2) is 21.7. The maximum absolute atomic E-state index is 11.2. The number of carboxylic acid groups (broad SMARTS) is 1. The van der Waals surface area contributed by atoms with Crippen molar-refractivity contribution in [1.82, 2.24) is 0 Å². The predicted octanol–water partition coefficient (Wildman–Crippen LogP) is 3.40. The topological polar surface area (TPSA) is 228 Å². The zero-order valence-electron chi connectivity index (χ0n) is 27.7. The quantitative estimate of drug-likeness (QED) is 0.178. The molecule has 0 unspecified atom stereocenters. The van der Waals surface area contributed by atoms with Crippen LogP contribution in [0.4, 0.5) is 0 Å². The molecule has 0 aromatic carbocycles. The molecule has 0 rings (SSSR count). The number of aliphatic carboxylic acids is 1. The van der Waals surface area contributed by atoms with E-state index in [0.29, 0.717) is 12.8 Å². The fraction of sp³-hybridized carbons (Fsp3) is 0.793. The Hall–Kier alpha value is -2.93. The van der Waals surface area contributed by atoms with Gasteiger partial charge in [-0.05, 0) is 81.6 Å². The number of amides is 2. The van der Waals surface area contributed by atoms with E-state index in [1.165, 1.54) is 0 Å². The molecule has 0 aliphatic rings. The molecule has 3 atom stereocenters. The number of nitrogens with two attached hydrogens (primary N) is 3. The summed E-state index contributed by atoms with van der Waals surface area (Å²) >= 11 is 0. The molecule has 254 valence electrons. The Morgan fingerprint density at radius 1 is 0.581 bits per heavy atom. The maximum atomic E-state index is 11.2. The Kier molecular flexibility index (Phi) is 23.7. The molecule has 0 heterocycles. The third-order valence-electron chi connectivity index (χ3n) is 4.76. The van der Waals surface area contributed by atoms with Crippen LogP contribution >= 0.6 is 12.4 Å². The Balaban J connectivity index is -0.000000262. The van der Waals surface area contributed by atoms with Crippen LogP contribution in [-0.4, -0.2) is 63.6 Å². The second-order valence-electron chi connectivity index (χ2n) is 12.9. The van der Waals surface area contributed by atoms with Crippen molar-refractivity contribution < 1.29 is 48.1 Å². The summed E-state index contributed by atoms with van der Waals surface area (Å²) < 4.78 is 15.1. The number of primary amides is 2. The maximum Gasteiger partial charge on any atom is 0.306 e. The van der Waals surface area contributed by atoms with Gasteiger partial charge in [0.25, 0.3) is 0 Å². The lowest BCUT2D eigenvalue weighted by molar-refractivity contribution is -0.156. The van der Waals surface area contributed by atoms with E-state index in [0.717, 1.165) is 0 Å². The molecule has 0 spiro atoms. The number of carboxylic acids is 1. The highest BCUT2D eigenvalue weighted by molar-refractivity contribution is 5.85. The molecular weight excluding hydrogens is 586 g/mol. The van der Waals surface area contributed by atoms with Gasteiger partial charge in [-0.2, -0.15) is 0 Å². The number of hydrogen-bond donors (Lipinski definition) is 4. The first kappa shape index (κ1) is 47.0. The van der Waals surface area contributed by atoms with Crippen molar-refractivity contribution in [2.75, 3.05) is 0 Å². The Morgan fingerprint density at radius 3 is 1.09 bits per heavy atom. The van der Waals surface area contributed by atoms with Gasteiger partial charge in [0.1, 0.15) is 16.8 Å². The van der Waals surface area contributed by atoms with Gasteiger partial charge in [-0.3, -0.25) is 28.8 Å². The largest absolute Gasteiger partial charge is 0.481 e. The monoisotopic (exact) mass is 641 g/mol. The van der Waals surface area contributed by atoms with Gasteiger partial charge in [-0.15, -0.1) is 12.4 Å². The summed E-state index contributed by atoms with van der Waals surface area (Å²) in [5.74, 6) is -3.63. The van der Waals surface area contributed by atoms with Crippen molar-refractivity contribution in [3.8, 4) is 0 Å². The summed E-state index contributed by atoms with van der Waals surface area (Å²) in [6, 6.07) is -0.775. The molecule has 43 heavy (non-hydrogen) atoms. The van der Waals surface area contributed by atoms with Crippen LogP contribution in [-0.2, 0) is 43.0 Å². The van der Waals surface area contributed by atoms with Crippen LogP contribution in [0.3, 0.4) is 0 Å². The van der Waals surface area contributed by atoms with Crippen molar-refractivity contribution in [2.24, 2.45) is 29.0 Å². The predicted molar refractivity (Wildman–Crippen MR) is 165 cm³/mol. The highest BCUT2D eigenvalue weighted by Crippen LogP contribution is 2.13. The fourth-order valence-corrected chi connectivity index (χ4v) is 2.53. The van der Waals surface area contributed by atoms with Gasteiger partial charge >= 0.3 is 23.9 Å². The van der Waals surface area contributed by atoms with Crippen molar-refractivity contribution >= 4 is 48.1 Å². The van der Waals surface area contributed by atoms with Crippen molar-refractivity contribution in [2.45, 2.75) is 138 Å². The number of halogens is 1. The van der Waals surface area contributed by atoms with Gasteiger partial charge in [0.2, 0.25) is 11.8 Å².